The Bertz CT molecular complexity index is 1290. The SMILES string of the molecule is FC(F)(F)c1ccc([C@@]23C=CC=C[C@@H]2[C@@H]([C@@H]2C=C[C@@]4(c5ccc(C(F)(F)F)cc5)C=CC=C[C@@H]24)C=C3)cc1. The molecule has 0 saturated heterocycles. The summed E-state index contributed by atoms with van der Waals surface area (Å²) in [6.45, 7) is 0. The van der Waals surface area contributed by atoms with Crippen molar-refractivity contribution in [3.63, 3.8) is 0 Å². The van der Waals surface area contributed by atoms with Gasteiger partial charge in [0.15, 0.2) is 0 Å². The summed E-state index contributed by atoms with van der Waals surface area (Å²) < 4.78 is 79.2. The van der Waals surface area contributed by atoms with Crippen LogP contribution in [0.2, 0.25) is 0 Å². The second-order valence-electron chi connectivity index (χ2n) is 10.4. The summed E-state index contributed by atoms with van der Waals surface area (Å²) in [6, 6.07) is 10.8. The smallest absolute Gasteiger partial charge is 0.166 e. The van der Waals surface area contributed by atoms with Crippen LogP contribution in [0.1, 0.15) is 22.3 Å². The van der Waals surface area contributed by atoms with E-state index in [4.69, 9.17) is 0 Å². The fraction of sp³-hybridized carbons (Fsp3) is 0.250. The van der Waals surface area contributed by atoms with E-state index in [9.17, 15) is 26.3 Å². The minimum Gasteiger partial charge on any atom is -0.166 e. The summed E-state index contributed by atoms with van der Waals surface area (Å²) in [7, 11) is 0. The highest BCUT2D eigenvalue weighted by Gasteiger charge is 2.52. The van der Waals surface area contributed by atoms with Crippen LogP contribution < -0.4 is 0 Å². The standard InChI is InChI=1S/C32H24F6/c33-31(34,35)23-11-7-21(8-12-23)29-17-3-1-5-27(29)25(15-19-29)26-16-20-30(18-4-2-6-28(26)30)22-9-13-24(14-10-22)32(36,37)38/h1-20,25-28H/t25-,26+,27-,28+,29+,30-. The van der Waals surface area contributed by atoms with Crippen LogP contribution in [-0.4, -0.2) is 0 Å². The molecule has 6 atom stereocenters. The fourth-order valence-corrected chi connectivity index (χ4v) is 6.75. The number of alkyl halides is 6. The summed E-state index contributed by atoms with van der Waals surface area (Å²) in [5, 5.41) is 0. The number of halogens is 6. The zero-order valence-electron chi connectivity index (χ0n) is 20.1. The fourth-order valence-electron chi connectivity index (χ4n) is 6.75. The second kappa shape index (κ2) is 8.48. The Kier molecular flexibility index (Phi) is 5.53. The lowest BCUT2D eigenvalue weighted by molar-refractivity contribution is -0.138. The first-order valence-corrected chi connectivity index (χ1v) is 12.5. The van der Waals surface area contributed by atoms with Gasteiger partial charge in [-0.3, -0.25) is 0 Å². The molecule has 4 aliphatic rings. The minimum absolute atomic E-state index is 0.0124. The highest BCUT2D eigenvalue weighted by atomic mass is 19.4. The number of rotatable bonds is 3. The zero-order valence-corrected chi connectivity index (χ0v) is 20.1. The molecule has 6 heteroatoms. The number of fused-ring (bicyclic) bond motifs is 2. The van der Waals surface area contributed by atoms with Crippen LogP contribution in [-0.2, 0) is 23.2 Å². The van der Waals surface area contributed by atoms with E-state index in [1.54, 1.807) is 24.3 Å². The Labute approximate surface area is 217 Å². The highest BCUT2D eigenvalue weighted by molar-refractivity contribution is 5.51. The van der Waals surface area contributed by atoms with Crippen LogP contribution in [0.4, 0.5) is 26.3 Å². The van der Waals surface area contributed by atoms with E-state index in [1.807, 2.05) is 24.3 Å². The normalized spacial score (nSPS) is 33.1. The monoisotopic (exact) mass is 522 g/mol. The van der Waals surface area contributed by atoms with Crippen LogP contribution in [0.25, 0.3) is 0 Å². The van der Waals surface area contributed by atoms with Crippen LogP contribution in [0, 0.1) is 23.7 Å². The van der Waals surface area contributed by atoms with Crippen molar-refractivity contribution < 1.29 is 26.3 Å². The minimum atomic E-state index is -4.40. The van der Waals surface area contributed by atoms with Crippen molar-refractivity contribution in [2.24, 2.45) is 23.7 Å². The summed E-state index contributed by atoms with van der Waals surface area (Å²) >= 11 is 0. The van der Waals surface area contributed by atoms with Gasteiger partial charge in [0.25, 0.3) is 0 Å². The van der Waals surface area contributed by atoms with Crippen molar-refractivity contribution in [2.75, 3.05) is 0 Å². The molecule has 0 unspecified atom stereocenters. The van der Waals surface area contributed by atoms with Crippen molar-refractivity contribution in [1.82, 2.24) is 0 Å². The number of benzene rings is 2. The van der Waals surface area contributed by atoms with Gasteiger partial charge in [-0.1, -0.05) is 97.2 Å². The molecule has 6 rings (SSSR count). The molecule has 0 saturated carbocycles. The average molecular weight is 523 g/mol. The third kappa shape index (κ3) is 3.76. The molecule has 4 aliphatic carbocycles. The van der Waals surface area contributed by atoms with Gasteiger partial charge in [-0.25, -0.2) is 0 Å². The lowest BCUT2D eigenvalue weighted by atomic mass is 9.61. The van der Waals surface area contributed by atoms with E-state index in [2.05, 4.69) is 48.6 Å². The molecule has 0 spiro atoms. The molecular formula is C32H24F6. The van der Waals surface area contributed by atoms with Gasteiger partial charge < -0.3 is 0 Å². The predicted octanol–water partition coefficient (Wildman–Crippen LogP) is 8.76. The number of hydrogen-bond acceptors (Lipinski definition) is 0. The third-order valence-electron chi connectivity index (χ3n) is 8.59. The molecule has 0 aliphatic heterocycles. The van der Waals surface area contributed by atoms with Gasteiger partial charge in [-0.05, 0) is 47.2 Å². The molecule has 0 amide bonds. The summed E-state index contributed by atoms with van der Waals surface area (Å²) in [5.74, 6) is 0.0719. The Morgan fingerprint density at radius 3 is 1.16 bits per heavy atom. The van der Waals surface area contributed by atoms with E-state index < -0.39 is 34.3 Å². The van der Waals surface area contributed by atoms with E-state index in [0.717, 1.165) is 35.4 Å². The van der Waals surface area contributed by atoms with E-state index in [1.165, 1.54) is 0 Å². The highest BCUT2D eigenvalue weighted by Crippen LogP contribution is 2.57. The molecule has 0 bridgehead atoms. The molecule has 2 aromatic rings. The maximum atomic E-state index is 13.2. The molecule has 0 fully saturated rings. The zero-order chi connectivity index (χ0) is 26.8. The topological polar surface area (TPSA) is 0 Å². The Hall–Kier alpha value is -3.54. The third-order valence-corrected chi connectivity index (χ3v) is 8.59. The van der Waals surface area contributed by atoms with Crippen LogP contribution >= 0.6 is 0 Å². The molecule has 0 N–H and O–H groups in total. The molecule has 0 radical (unpaired) electrons. The second-order valence-corrected chi connectivity index (χ2v) is 10.4. The maximum Gasteiger partial charge on any atom is 0.416 e. The lowest BCUT2D eigenvalue weighted by Gasteiger charge is -2.41. The van der Waals surface area contributed by atoms with E-state index >= 15 is 0 Å². The first-order valence-electron chi connectivity index (χ1n) is 12.5. The molecule has 0 nitrogen and oxygen atoms in total. The average Bonchev–Trinajstić information content (AvgIpc) is 3.48. The van der Waals surface area contributed by atoms with E-state index in [0.29, 0.717) is 0 Å². The maximum absolute atomic E-state index is 13.2. The van der Waals surface area contributed by atoms with Crippen molar-refractivity contribution in [1.29, 1.82) is 0 Å². The summed E-state index contributed by atoms with van der Waals surface area (Å²) in [6.07, 6.45) is 15.9. The molecule has 38 heavy (non-hydrogen) atoms. The van der Waals surface area contributed by atoms with Gasteiger partial charge in [-0.2, -0.15) is 26.3 Å². The van der Waals surface area contributed by atoms with Crippen molar-refractivity contribution in [2.45, 2.75) is 23.2 Å². The molecular weight excluding hydrogens is 498 g/mol. The van der Waals surface area contributed by atoms with E-state index in [-0.39, 0.29) is 23.7 Å². The van der Waals surface area contributed by atoms with Gasteiger partial charge in [0, 0.05) is 22.7 Å². The van der Waals surface area contributed by atoms with Gasteiger partial charge in [0.05, 0.1) is 11.1 Å². The first-order chi connectivity index (χ1) is 18.0. The van der Waals surface area contributed by atoms with Crippen molar-refractivity contribution in [3.05, 3.63) is 144 Å². The van der Waals surface area contributed by atoms with Crippen LogP contribution in [0.5, 0.6) is 0 Å². The molecule has 2 aromatic carbocycles. The van der Waals surface area contributed by atoms with Crippen LogP contribution in [0.15, 0.2) is 121 Å². The quantitative estimate of drug-likeness (QED) is 0.279. The molecule has 0 aromatic heterocycles. The number of allylic oxidation sites excluding steroid dienone is 12. The van der Waals surface area contributed by atoms with Gasteiger partial charge >= 0.3 is 12.4 Å². The first kappa shape index (κ1) is 24.8. The molecule has 0 heterocycles. The van der Waals surface area contributed by atoms with Crippen LogP contribution in [0.3, 0.4) is 0 Å². The van der Waals surface area contributed by atoms with Crippen molar-refractivity contribution >= 4 is 0 Å². The Morgan fingerprint density at radius 2 is 0.816 bits per heavy atom. The van der Waals surface area contributed by atoms with Gasteiger partial charge in [0.2, 0.25) is 0 Å². The predicted molar refractivity (Wildman–Crippen MR) is 135 cm³/mol. The lowest BCUT2D eigenvalue weighted by Crippen LogP contribution is -2.38. The van der Waals surface area contributed by atoms with Crippen molar-refractivity contribution in [3.8, 4) is 0 Å². The van der Waals surface area contributed by atoms with Gasteiger partial charge in [-0.15, -0.1) is 0 Å². The summed E-state index contributed by atoms with van der Waals surface area (Å²) in [4.78, 5) is 0. The Morgan fingerprint density at radius 1 is 0.447 bits per heavy atom. The summed E-state index contributed by atoms with van der Waals surface area (Å²) in [5.41, 5.74) is -0.893. The largest absolute Gasteiger partial charge is 0.416 e. The Balaban J connectivity index is 1.33. The van der Waals surface area contributed by atoms with Gasteiger partial charge in [0.1, 0.15) is 0 Å². The number of hydrogen-bond donors (Lipinski definition) is 0. The molecule has 194 valence electrons.